The highest BCUT2D eigenvalue weighted by Crippen LogP contribution is 2.36. The predicted molar refractivity (Wildman–Crippen MR) is 118 cm³/mol. The van der Waals surface area contributed by atoms with Crippen molar-refractivity contribution in [3.63, 3.8) is 0 Å². The van der Waals surface area contributed by atoms with Gasteiger partial charge in [-0.2, -0.15) is 0 Å². The van der Waals surface area contributed by atoms with E-state index in [1.165, 1.54) is 6.07 Å². The molecule has 0 aromatic heterocycles. The summed E-state index contributed by atoms with van der Waals surface area (Å²) in [5.74, 6) is 0.496. The molecule has 0 spiro atoms. The third-order valence-electron chi connectivity index (χ3n) is 5.94. The predicted octanol–water partition coefficient (Wildman–Crippen LogP) is 4.55. The first-order valence-electron chi connectivity index (χ1n) is 10.7. The van der Waals surface area contributed by atoms with Gasteiger partial charge in [-0.05, 0) is 58.4 Å². The molecule has 1 aromatic rings. The Labute approximate surface area is 188 Å². The van der Waals surface area contributed by atoms with Crippen LogP contribution >= 0.6 is 23.2 Å². The molecule has 0 aliphatic carbocycles. The van der Waals surface area contributed by atoms with Crippen LogP contribution in [-0.2, 0) is 9.59 Å². The maximum atomic E-state index is 12.5. The molecule has 8 heteroatoms. The van der Waals surface area contributed by atoms with Gasteiger partial charge in [0.1, 0.15) is 11.5 Å². The molecule has 1 aromatic carbocycles. The second-order valence-corrected chi connectivity index (χ2v) is 8.97. The zero-order valence-corrected chi connectivity index (χ0v) is 19.2. The molecule has 2 atom stereocenters. The van der Waals surface area contributed by atoms with Gasteiger partial charge in [0.15, 0.2) is 13.2 Å². The third-order valence-corrected chi connectivity index (χ3v) is 6.53. The van der Waals surface area contributed by atoms with Crippen LogP contribution in [0.4, 0.5) is 0 Å². The van der Waals surface area contributed by atoms with Crippen LogP contribution in [0.3, 0.4) is 0 Å². The zero-order chi connectivity index (χ0) is 21.7. The standard InChI is InChI=1S/C22H30Cl2N2O4/c1-15-7-3-5-9-25(15)21(27)13-29-19-12-20(18(24)11-17(19)23)30-14-22(28)26-10-6-4-8-16(26)2/h11-12,15-16H,3-10,13-14H2,1-2H3. The van der Waals surface area contributed by atoms with Crippen molar-refractivity contribution in [3.05, 3.63) is 22.2 Å². The van der Waals surface area contributed by atoms with Crippen molar-refractivity contribution >= 4 is 35.0 Å². The summed E-state index contributed by atoms with van der Waals surface area (Å²) in [6.45, 7) is 5.41. The fraction of sp³-hybridized carbons (Fsp3) is 0.636. The number of likely N-dealkylation sites (tertiary alicyclic amines) is 2. The van der Waals surface area contributed by atoms with Gasteiger partial charge in [-0.1, -0.05) is 23.2 Å². The quantitative estimate of drug-likeness (QED) is 0.629. The highest BCUT2D eigenvalue weighted by Gasteiger charge is 2.25. The Balaban J connectivity index is 1.59. The van der Waals surface area contributed by atoms with Gasteiger partial charge in [-0.25, -0.2) is 0 Å². The molecule has 6 nitrogen and oxygen atoms in total. The average Bonchev–Trinajstić information content (AvgIpc) is 2.72. The topological polar surface area (TPSA) is 59.1 Å². The first-order chi connectivity index (χ1) is 14.4. The van der Waals surface area contributed by atoms with E-state index in [0.29, 0.717) is 21.5 Å². The van der Waals surface area contributed by atoms with Crippen LogP contribution in [0, 0.1) is 0 Å². The molecule has 2 aliphatic heterocycles. The summed E-state index contributed by atoms with van der Waals surface area (Å²) >= 11 is 12.5. The van der Waals surface area contributed by atoms with Crippen LogP contribution < -0.4 is 9.47 Å². The molecule has 2 unspecified atom stereocenters. The van der Waals surface area contributed by atoms with E-state index in [4.69, 9.17) is 32.7 Å². The minimum atomic E-state index is -0.102. The third kappa shape index (κ3) is 5.73. The molecular formula is C22H30Cl2N2O4. The Bertz CT molecular complexity index is 714. The number of rotatable bonds is 6. The van der Waals surface area contributed by atoms with Crippen molar-refractivity contribution in [2.75, 3.05) is 26.3 Å². The van der Waals surface area contributed by atoms with Crippen molar-refractivity contribution in [1.82, 2.24) is 9.80 Å². The van der Waals surface area contributed by atoms with Crippen LogP contribution in [0.5, 0.6) is 11.5 Å². The Morgan fingerprint density at radius 1 is 0.833 bits per heavy atom. The molecule has 0 bridgehead atoms. The number of ether oxygens (including phenoxy) is 2. The van der Waals surface area contributed by atoms with Crippen LogP contribution in [-0.4, -0.2) is 60.0 Å². The largest absolute Gasteiger partial charge is 0.482 e. The second-order valence-electron chi connectivity index (χ2n) is 8.15. The molecule has 2 saturated heterocycles. The Kier molecular flexibility index (Phi) is 8.12. The normalized spacial score (nSPS) is 22.0. The van der Waals surface area contributed by atoms with E-state index >= 15 is 0 Å². The summed E-state index contributed by atoms with van der Waals surface area (Å²) in [5.41, 5.74) is 0. The number of carbonyl (C=O) groups is 2. The maximum absolute atomic E-state index is 12.5. The SMILES string of the molecule is CC1CCCCN1C(=O)COc1cc(OCC(=O)N2CCCCC2C)c(Cl)cc1Cl. The molecule has 2 heterocycles. The van der Waals surface area contributed by atoms with Crippen LogP contribution in [0.15, 0.2) is 12.1 Å². The number of hydrogen-bond acceptors (Lipinski definition) is 4. The van der Waals surface area contributed by atoms with Crippen molar-refractivity contribution < 1.29 is 19.1 Å². The molecule has 2 fully saturated rings. The van der Waals surface area contributed by atoms with Gasteiger partial charge in [0.25, 0.3) is 11.8 Å². The maximum Gasteiger partial charge on any atom is 0.260 e. The van der Waals surface area contributed by atoms with Crippen LogP contribution in [0.1, 0.15) is 52.4 Å². The average molecular weight is 457 g/mol. The van der Waals surface area contributed by atoms with Crippen molar-refractivity contribution in [2.24, 2.45) is 0 Å². The van der Waals surface area contributed by atoms with Gasteiger partial charge in [-0.3, -0.25) is 9.59 Å². The lowest BCUT2D eigenvalue weighted by Gasteiger charge is -2.33. The van der Waals surface area contributed by atoms with Crippen molar-refractivity contribution in [1.29, 1.82) is 0 Å². The van der Waals surface area contributed by atoms with Crippen LogP contribution in [0.2, 0.25) is 10.0 Å². The van der Waals surface area contributed by atoms with Gasteiger partial charge in [0.2, 0.25) is 0 Å². The summed E-state index contributed by atoms with van der Waals surface area (Å²) in [4.78, 5) is 28.7. The highest BCUT2D eigenvalue weighted by molar-refractivity contribution is 6.36. The van der Waals surface area contributed by atoms with Gasteiger partial charge < -0.3 is 19.3 Å². The molecule has 0 saturated carbocycles. The van der Waals surface area contributed by atoms with E-state index in [-0.39, 0.29) is 37.1 Å². The summed E-state index contributed by atoms with van der Waals surface area (Å²) < 4.78 is 11.4. The molecule has 2 amide bonds. The smallest absolute Gasteiger partial charge is 0.260 e. The minimum Gasteiger partial charge on any atom is -0.482 e. The number of hydrogen-bond donors (Lipinski definition) is 0. The number of amides is 2. The fourth-order valence-electron chi connectivity index (χ4n) is 4.11. The number of carbonyl (C=O) groups excluding carboxylic acids is 2. The number of benzene rings is 1. The first-order valence-corrected chi connectivity index (χ1v) is 11.5. The lowest BCUT2D eigenvalue weighted by atomic mass is 10.0. The highest BCUT2D eigenvalue weighted by atomic mass is 35.5. The van der Waals surface area contributed by atoms with Gasteiger partial charge in [-0.15, -0.1) is 0 Å². The van der Waals surface area contributed by atoms with E-state index in [9.17, 15) is 9.59 Å². The summed E-state index contributed by atoms with van der Waals surface area (Å²) in [5, 5.41) is 0.589. The molecule has 2 aliphatic rings. The molecule has 0 N–H and O–H groups in total. The van der Waals surface area contributed by atoms with E-state index in [2.05, 4.69) is 13.8 Å². The summed E-state index contributed by atoms with van der Waals surface area (Å²) in [6.07, 6.45) is 6.33. The number of piperidine rings is 2. The van der Waals surface area contributed by atoms with Crippen molar-refractivity contribution in [3.8, 4) is 11.5 Å². The van der Waals surface area contributed by atoms with Gasteiger partial charge >= 0.3 is 0 Å². The van der Waals surface area contributed by atoms with E-state index in [1.807, 2.05) is 9.80 Å². The lowest BCUT2D eigenvalue weighted by Crippen LogP contribution is -2.44. The van der Waals surface area contributed by atoms with E-state index in [1.54, 1.807) is 6.07 Å². The lowest BCUT2D eigenvalue weighted by molar-refractivity contribution is -0.137. The zero-order valence-electron chi connectivity index (χ0n) is 17.7. The molecule has 166 valence electrons. The van der Waals surface area contributed by atoms with Crippen molar-refractivity contribution in [2.45, 2.75) is 64.5 Å². The molecule has 3 rings (SSSR count). The monoisotopic (exact) mass is 456 g/mol. The Morgan fingerprint density at radius 3 is 1.67 bits per heavy atom. The number of halogens is 2. The second kappa shape index (κ2) is 10.6. The van der Waals surface area contributed by atoms with Crippen LogP contribution in [0.25, 0.3) is 0 Å². The van der Waals surface area contributed by atoms with E-state index in [0.717, 1.165) is 51.6 Å². The first kappa shape index (κ1) is 23.0. The molecule has 30 heavy (non-hydrogen) atoms. The summed E-state index contributed by atoms with van der Waals surface area (Å²) in [7, 11) is 0. The number of nitrogens with zero attached hydrogens (tertiary/aromatic N) is 2. The fourth-order valence-corrected chi connectivity index (χ4v) is 4.61. The van der Waals surface area contributed by atoms with Gasteiger partial charge in [0, 0.05) is 31.2 Å². The Hall–Kier alpha value is -1.66. The van der Waals surface area contributed by atoms with Gasteiger partial charge in [0.05, 0.1) is 10.0 Å². The van der Waals surface area contributed by atoms with E-state index < -0.39 is 0 Å². The summed E-state index contributed by atoms with van der Waals surface area (Å²) in [6, 6.07) is 3.50. The Morgan fingerprint density at radius 2 is 1.27 bits per heavy atom. The molecular weight excluding hydrogens is 427 g/mol. The minimum absolute atomic E-state index is 0.0649. The molecule has 0 radical (unpaired) electrons.